The Kier molecular flexibility index (Phi) is 4.60. The van der Waals surface area contributed by atoms with Crippen LogP contribution in [0, 0.1) is 0 Å². The Morgan fingerprint density at radius 1 is 1.12 bits per heavy atom. The molecule has 0 bridgehead atoms. The predicted molar refractivity (Wildman–Crippen MR) is 110 cm³/mol. The summed E-state index contributed by atoms with van der Waals surface area (Å²) in [5, 5.41) is 9.03. The molecular weight excluding hydrogens is 386 g/mol. The normalized spacial score (nSPS) is 19.6. The smallest absolute Gasteiger partial charge is 0.335 e. The molecule has 2 heterocycles. The minimum Gasteiger partial charge on any atom is -0.478 e. The zero-order chi connectivity index (χ0) is 18.3. The van der Waals surface area contributed by atoms with Crippen LogP contribution in [-0.2, 0) is 4.79 Å². The Morgan fingerprint density at radius 3 is 2.58 bits per heavy atom. The molecule has 1 fully saturated rings. The Morgan fingerprint density at radius 2 is 1.85 bits per heavy atom. The number of thiocarbonyl (C=S) groups is 1. The average molecular weight is 400 g/mol. The predicted octanol–water partition coefficient (Wildman–Crippen LogP) is 4.66. The second-order valence-electron chi connectivity index (χ2n) is 5.76. The molecule has 26 heavy (non-hydrogen) atoms. The number of hydrogen-bond acceptors (Lipinski definition) is 5. The molecule has 2 aromatic rings. The highest BCUT2D eigenvalue weighted by Crippen LogP contribution is 2.45. The van der Waals surface area contributed by atoms with Crippen molar-refractivity contribution in [1.29, 1.82) is 0 Å². The number of fused-ring (bicyclic) bond motifs is 1. The summed E-state index contributed by atoms with van der Waals surface area (Å²) in [4.78, 5) is 27.4. The number of allylic oxidation sites excluding steroid dienone is 1. The quantitative estimate of drug-likeness (QED) is 0.586. The van der Waals surface area contributed by atoms with E-state index in [1.54, 1.807) is 23.9 Å². The van der Waals surface area contributed by atoms with Gasteiger partial charge in [0.05, 0.1) is 16.2 Å². The first kappa shape index (κ1) is 17.3. The van der Waals surface area contributed by atoms with E-state index in [1.165, 1.54) is 33.7 Å². The van der Waals surface area contributed by atoms with Crippen LogP contribution in [-0.4, -0.2) is 27.1 Å². The molecule has 0 unspecified atom stereocenters. The molecule has 0 saturated carbocycles. The van der Waals surface area contributed by atoms with Crippen molar-refractivity contribution < 1.29 is 14.7 Å². The molecule has 130 valence electrons. The lowest BCUT2D eigenvalue weighted by Gasteiger charge is -2.20. The number of carboxylic acids is 1. The zero-order valence-corrected chi connectivity index (χ0v) is 15.9. The highest BCUT2D eigenvalue weighted by atomic mass is 32.2. The van der Waals surface area contributed by atoms with Gasteiger partial charge >= 0.3 is 5.97 Å². The van der Waals surface area contributed by atoms with Gasteiger partial charge in [0.1, 0.15) is 0 Å². The van der Waals surface area contributed by atoms with Gasteiger partial charge in [-0.3, -0.25) is 9.69 Å². The van der Waals surface area contributed by atoms with E-state index in [-0.39, 0.29) is 11.5 Å². The van der Waals surface area contributed by atoms with E-state index < -0.39 is 5.97 Å². The lowest BCUT2D eigenvalue weighted by Crippen LogP contribution is -2.27. The fraction of sp³-hybridized carbons (Fsp3) is 0.105. The maximum atomic E-state index is 13.1. The van der Waals surface area contributed by atoms with Crippen LogP contribution in [0.2, 0.25) is 0 Å². The van der Waals surface area contributed by atoms with E-state index in [0.29, 0.717) is 14.9 Å². The van der Waals surface area contributed by atoms with Gasteiger partial charge in [0, 0.05) is 10.6 Å². The number of rotatable bonds is 2. The number of nitrogens with zero attached hydrogens (tertiary/aromatic N) is 1. The molecular formula is C19H13NO3S3. The number of benzene rings is 2. The molecule has 0 spiro atoms. The van der Waals surface area contributed by atoms with Gasteiger partial charge in [-0.2, -0.15) is 0 Å². The maximum Gasteiger partial charge on any atom is 0.335 e. The summed E-state index contributed by atoms with van der Waals surface area (Å²) in [7, 11) is 0. The van der Waals surface area contributed by atoms with Crippen molar-refractivity contribution >= 4 is 63.2 Å². The standard InChI is InChI=1S/C19H13NO3S3/c21-17-16(14-9-10-25-15-4-2-1-3-13(14)15)26-19(24)20(17)12-7-5-11(6-8-12)18(22)23/h1-8H,9-10H2,(H,22,23). The first-order chi connectivity index (χ1) is 12.6. The first-order valence-corrected chi connectivity index (χ1v) is 10.1. The minimum absolute atomic E-state index is 0.139. The van der Waals surface area contributed by atoms with Crippen LogP contribution < -0.4 is 4.90 Å². The third-order valence-electron chi connectivity index (χ3n) is 4.24. The summed E-state index contributed by atoms with van der Waals surface area (Å²) in [5.41, 5.74) is 2.91. The largest absolute Gasteiger partial charge is 0.478 e. The van der Waals surface area contributed by atoms with Crippen LogP contribution in [0.15, 0.2) is 58.3 Å². The molecule has 2 aliphatic rings. The van der Waals surface area contributed by atoms with Crippen LogP contribution >= 0.6 is 35.7 Å². The first-order valence-electron chi connectivity index (χ1n) is 7.91. The van der Waals surface area contributed by atoms with E-state index in [1.807, 2.05) is 18.2 Å². The number of carboxylic acid groups (broad SMARTS) is 1. The van der Waals surface area contributed by atoms with Crippen molar-refractivity contribution in [1.82, 2.24) is 0 Å². The Hall–Kier alpha value is -2.09. The van der Waals surface area contributed by atoms with Gasteiger partial charge in [-0.05, 0) is 47.9 Å². The van der Waals surface area contributed by atoms with E-state index in [0.717, 1.165) is 23.3 Å². The number of carbonyl (C=O) groups is 2. The fourth-order valence-corrected chi connectivity index (χ4v) is 5.46. The average Bonchev–Trinajstić information content (AvgIpc) is 2.95. The van der Waals surface area contributed by atoms with E-state index >= 15 is 0 Å². The number of anilines is 1. The van der Waals surface area contributed by atoms with Crippen LogP contribution in [0.3, 0.4) is 0 Å². The summed E-state index contributed by atoms with van der Waals surface area (Å²) >= 11 is 8.56. The van der Waals surface area contributed by atoms with Crippen LogP contribution in [0.4, 0.5) is 5.69 Å². The number of carbonyl (C=O) groups excluding carboxylic acids is 1. The summed E-state index contributed by atoms with van der Waals surface area (Å²) in [6.07, 6.45) is 0.824. The third kappa shape index (κ3) is 2.96. The Balaban J connectivity index is 1.73. The molecule has 7 heteroatoms. The van der Waals surface area contributed by atoms with Gasteiger partial charge in [0.15, 0.2) is 4.32 Å². The molecule has 0 radical (unpaired) electrons. The zero-order valence-electron chi connectivity index (χ0n) is 13.5. The van der Waals surface area contributed by atoms with Gasteiger partial charge in [-0.25, -0.2) is 4.79 Å². The molecule has 0 aromatic heterocycles. The molecule has 1 saturated heterocycles. The Bertz CT molecular complexity index is 966. The molecule has 1 N–H and O–H groups in total. The number of thioether (sulfide) groups is 2. The second-order valence-corrected chi connectivity index (χ2v) is 8.54. The monoisotopic (exact) mass is 399 g/mol. The number of aromatic carboxylic acids is 1. The van der Waals surface area contributed by atoms with Gasteiger partial charge in [0.2, 0.25) is 0 Å². The highest BCUT2D eigenvalue weighted by molar-refractivity contribution is 8.27. The van der Waals surface area contributed by atoms with Crippen molar-refractivity contribution in [2.75, 3.05) is 10.7 Å². The summed E-state index contributed by atoms with van der Waals surface area (Å²) < 4.78 is 0.469. The molecule has 0 atom stereocenters. The van der Waals surface area contributed by atoms with Crippen LogP contribution in [0.25, 0.3) is 5.57 Å². The van der Waals surface area contributed by atoms with Gasteiger partial charge in [-0.1, -0.05) is 42.2 Å². The van der Waals surface area contributed by atoms with Crippen molar-refractivity contribution in [3.8, 4) is 0 Å². The lowest BCUT2D eigenvalue weighted by molar-refractivity contribution is -0.113. The van der Waals surface area contributed by atoms with Crippen molar-refractivity contribution in [3.05, 3.63) is 64.6 Å². The van der Waals surface area contributed by atoms with Crippen LogP contribution in [0.5, 0.6) is 0 Å². The molecule has 0 aliphatic carbocycles. The van der Waals surface area contributed by atoms with Gasteiger partial charge in [0.25, 0.3) is 5.91 Å². The Labute approximate surface area is 164 Å². The minimum atomic E-state index is -1.000. The van der Waals surface area contributed by atoms with Crippen molar-refractivity contribution in [2.24, 2.45) is 0 Å². The van der Waals surface area contributed by atoms with E-state index in [2.05, 4.69) is 6.07 Å². The summed E-state index contributed by atoms with van der Waals surface area (Å²) in [6.45, 7) is 0. The summed E-state index contributed by atoms with van der Waals surface area (Å²) in [6, 6.07) is 14.3. The molecule has 4 rings (SSSR count). The third-order valence-corrected chi connectivity index (χ3v) is 6.73. The molecule has 2 aromatic carbocycles. The molecule has 1 amide bonds. The fourth-order valence-electron chi connectivity index (χ4n) is 3.00. The van der Waals surface area contributed by atoms with Crippen LogP contribution in [0.1, 0.15) is 22.3 Å². The SMILES string of the molecule is O=C(O)c1ccc(N2C(=O)C(=C3CCSc4ccccc43)SC2=S)cc1. The lowest BCUT2D eigenvalue weighted by atomic mass is 10.0. The number of amides is 1. The topological polar surface area (TPSA) is 57.6 Å². The molecule has 4 nitrogen and oxygen atoms in total. The van der Waals surface area contributed by atoms with E-state index in [4.69, 9.17) is 17.3 Å². The summed E-state index contributed by atoms with van der Waals surface area (Å²) in [5.74, 6) is -0.204. The van der Waals surface area contributed by atoms with Crippen molar-refractivity contribution in [3.63, 3.8) is 0 Å². The van der Waals surface area contributed by atoms with Gasteiger partial charge in [-0.15, -0.1) is 11.8 Å². The molecule has 2 aliphatic heterocycles. The number of hydrogen-bond donors (Lipinski definition) is 1. The second kappa shape index (κ2) is 6.90. The van der Waals surface area contributed by atoms with E-state index in [9.17, 15) is 9.59 Å². The van der Waals surface area contributed by atoms with Gasteiger partial charge < -0.3 is 5.11 Å². The van der Waals surface area contributed by atoms with Crippen molar-refractivity contribution in [2.45, 2.75) is 11.3 Å². The maximum absolute atomic E-state index is 13.1. The highest BCUT2D eigenvalue weighted by Gasteiger charge is 2.36.